The van der Waals surface area contributed by atoms with Crippen LogP contribution >= 0.6 is 0 Å². The molecule has 0 aliphatic carbocycles. The number of para-hydroxylation sites is 2. The molecule has 1 aliphatic rings. The van der Waals surface area contributed by atoms with Crippen LogP contribution in [0.3, 0.4) is 0 Å². The Morgan fingerprint density at radius 1 is 1.07 bits per heavy atom. The predicted molar refractivity (Wildman–Crippen MR) is 106 cm³/mol. The summed E-state index contributed by atoms with van der Waals surface area (Å²) < 4.78 is 5.86. The molecule has 1 aliphatic heterocycles. The number of carbonyl (C=O) groups is 2. The minimum Gasteiger partial charge on any atom is -0.481 e. The second kappa shape index (κ2) is 8.71. The summed E-state index contributed by atoms with van der Waals surface area (Å²) in [4.78, 5) is 27.2. The van der Waals surface area contributed by atoms with Gasteiger partial charge in [0.25, 0.3) is 11.8 Å². The Labute approximate surface area is 160 Å². The van der Waals surface area contributed by atoms with Crippen LogP contribution in [0.25, 0.3) is 0 Å². The Bertz CT molecular complexity index is 813. The van der Waals surface area contributed by atoms with Gasteiger partial charge in [0.2, 0.25) is 0 Å². The normalized spacial score (nSPS) is 14.7. The van der Waals surface area contributed by atoms with Crippen molar-refractivity contribution in [1.82, 2.24) is 4.90 Å². The fourth-order valence-corrected chi connectivity index (χ4v) is 3.26. The van der Waals surface area contributed by atoms with Crippen molar-refractivity contribution < 1.29 is 14.3 Å². The molecule has 5 nitrogen and oxygen atoms in total. The van der Waals surface area contributed by atoms with Crippen molar-refractivity contribution in [3.05, 3.63) is 59.7 Å². The van der Waals surface area contributed by atoms with Crippen molar-refractivity contribution in [3.63, 3.8) is 0 Å². The van der Waals surface area contributed by atoms with Gasteiger partial charge < -0.3 is 15.0 Å². The van der Waals surface area contributed by atoms with Gasteiger partial charge in [0.15, 0.2) is 6.10 Å². The second-order valence-corrected chi connectivity index (χ2v) is 6.76. The predicted octanol–water partition coefficient (Wildman–Crippen LogP) is 3.89. The van der Waals surface area contributed by atoms with E-state index in [9.17, 15) is 9.59 Å². The maximum atomic E-state index is 12.7. The van der Waals surface area contributed by atoms with Crippen molar-refractivity contribution >= 4 is 17.5 Å². The molecule has 0 saturated carbocycles. The number of aryl methyl sites for hydroxylation is 1. The number of hydrogen-bond donors (Lipinski definition) is 1. The number of anilines is 1. The van der Waals surface area contributed by atoms with Crippen molar-refractivity contribution in [2.24, 2.45) is 0 Å². The van der Waals surface area contributed by atoms with Crippen LogP contribution in [0.1, 0.15) is 42.6 Å². The number of benzene rings is 2. The lowest BCUT2D eigenvalue weighted by Crippen LogP contribution is -2.32. The molecular formula is C22H26N2O3. The summed E-state index contributed by atoms with van der Waals surface area (Å²) in [5.41, 5.74) is 2.11. The zero-order valence-corrected chi connectivity index (χ0v) is 15.9. The Morgan fingerprint density at radius 2 is 1.74 bits per heavy atom. The average molecular weight is 366 g/mol. The van der Waals surface area contributed by atoms with Crippen LogP contribution in [0.5, 0.6) is 5.75 Å². The lowest BCUT2D eigenvalue weighted by Gasteiger charge is -2.20. The van der Waals surface area contributed by atoms with E-state index >= 15 is 0 Å². The number of hydrogen-bond acceptors (Lipinski definition) is 3. The highest BCUT2D eigenvalue weighted by molar-refractivity contribution is 6.04. The lowest BCUT2D eigenvalue weighted by atomic mass is 10.1. The third-order valence-electron chi connectivity index (χ3n) is 4.84. The summed E-state index contributed by atoms with van der Waals surface area (Å²) >= 11 is 0. The molecule has 5 heteroatoms. The fraction of sp³-hybridized carbons (Fsp3) is 0.364. The molecular weight excluding hydrogens is 340 g/mol. The van der Waals surface area contributed by atoms with E-state index in [1.165, 1.54) is 0 Å². The molecule has 1 heterocycles. The molecule has 1 N–H and O–H groups in total. The van der Waals surface area contributed by atoms with E-state index in [2.05, 4.69) is 5.32 Å². The molecule has 1 unspecified atom stereocenters. The molecule has 0 radical (unpaired) electrons. The zero-order chi connectivity index (χ0) is 19.2. The Morgan fingerprint density at radius 3 is 2.48 bits per heavy atom. The van der Waals surface area contributed by atoms with Crippen molar-refractivity contribution in [2.45, 2.75) is 39.2 Å². The van der Waals surface area contributed by atoms with E-state index in [4.69, 9.17) is 4.74 Å². The molecule has 0 spiro atoms. The first kappa shape index (κ1) is 19.0. The Kier molecular flexibility index (Phi) is 6.12. The minimum absolute atomic E-state index is 0.0340. The smallest absolute Gasteiger partial charge is 0.265 e. The van der Waals surface area contributed by atoms with Crippen LogP contribution in [0, 0.1) is 0 Å². The van der Waals surface area contributed by atoms with Gasteiger partial charge in [-0.2, -0.15) is 0 Å². The monoisotopic (exact) mass is 366 g/mol. The number of rotatable bonds is 6. The second-order valence-electron chi connectivity index (χ2n) is 6.76. The maximum absolute atomic E-state index is 12.7. The van der Waals surface area contributed by atoms with Crippen LogP contribution < -0.4 is 10.1 Å². The molecule has 1 saturated heterocycles. The summed E-state index contributed by atoms with van der Waals surface area (Å²) in [5.74, 6) is 0.403. The highest BCUT2D eigenvalue weighted by Gasteiger charge is 2.23. The molecule has 1 fully saturated rings. The number of ether oxygens (including phenoxy) is 1. The molecule has 27 heavy (non-hydrogen) atoms. The van der Waals surface area contributed by atoms with Gasteiger partial charge in [-0.3, -0.25) is 9.59 Å². The molecule has 2 aromatic carbocycles. The first-order chi connectivity index (χ1) is 13.1. The van der Waals surface area contributed by atoms with Gasteiger partial charge in [-0.25, -0.2) is 0 Å². The number of likely N-dealkylation sites (tertiary alicyclic amines) is 1. The van der Waals surface area contributed by atoms with E-state index < -0.39 is 6.10 Å². The molecule has 0 bridgehead atoms. The number of nitrogens with one attached hydrogen (secondary N) is 1. The van der Waals surface area contributed by atoms with E-state index in [0.29, 0.717) is 17.0 Å². The maximum Gasteiger partial charge on any atom is 0.265 e. The first-order valence-electron chi connectivity index (χ1n) is 9.54. The highest BCUT2D eigenvalue weighted by Crippen LogP contribution is 2.22. The minimum atomic E-state index is -0.673. The average Bonchev–Trinajstić information content (AvgIpc) is 3.23. The third-order valence-corrected chi connectivity index (χ3v) is 4.84. The number of nitrogens with zero attached hydrogens (tertiary/aromatic N) is 1. The number of amides is 2. The van der Waals surface area contributed by atoms with Crippen LogP contribution in [0.2, 0.25) is 0 Å². The van der Waals surface area contributed by atoms with Crippen LogP contribution in [0.15, 0.2) is 48.5 Å². The van der Waals surface area contributed by atoms with E-state index in [1.807, 2.05) is 48.2 Å². The van der Waals surface area contributed by atoms with Gasteiger partial charge in [0.1, 0.15) is 5.75 Å². The van der Waals surface area contributed by atoms with E-state index in [0.717, 1.165) is 37.9 Å². The summed E-state index contributed by atoms with van der Waals surface area (Å²) in [6.07, 6.45) is 2.22. The summed E-state index contributed by atoms with van der Waals surface area (Å²) in [6.45, 7) is 5.31. The zero-order valence-electron chi connectivity index (χ0n) is 15.9. The van der Waals surface area contributed by atoms with Crippen molar-refractivity contribution in [2.75, 3.05) is 18.4 Å². The molecule has 1 atom stereocenters. The molecule has 2 amide bonds. The summed E-state index contributed by atoms with van der Waals surface area (Å²) in [5, 5.41) is 2.86. The van der Waals surface area contributed by atoms with Crippen molar-refractivity contribution in [1.29, 1.82) is 0 Å². The fourth-order valence-electron chi connectivity index (χ4n) is 3.26. The van der Waals surface area contributed by atoms with Gasteiger partial charge in [-0.1, -0.05) is 37.3 Å². The summed E-state index contributed by atoms with van der Waals surface area (Å²) in [7, 11) is 0. The quantitative estimate of drug-likeness (QED) is 0.844. The SMILES string of the molecule is CCc1ccccc1OC(C)C(=O)Nc1ccccc1C(=O)N1CCCC1. The molecule has 0 aromatic heterocycles. The van der Waals surface area contributed by atoms with Crippen molar-refractivity contribution in [3.8, 4) is 5.75 Å². The van der Waals surface area contributed by atoms with Crippen LogP contribution in [0.4, 0.5) is 5.69 Å². The molecule has 2 aromatic rings. The Hall–Kier alpha value is -2.82. The molecule has 3 rings (SSSR count). The third kappa shape index (κ3) is 4.48. The topological polar surface area (TPSA) is 58.6 Å². The lowest BCUT2D eigenvalue weighted by molar-refractivity contribution is -0.122. The van der Waals surface area contributed by atoms with Gasteiger partial charge >= 0.3 is 0 Å². The van der Waals surface area contributed by atoms with Crippen LogP contribution in [-0.4, -0.2) is 35.9 Å². The van der Waals surface area contributed by atoms with Gasteiger partial charge in [-0.05, 0) is 49.9 Å². The Balaban J connectivity index is 1.71. The van der Waals surface area contributed by atoms with E-state index in [-0.39, 0.29) is 11.8 Å². The largest absolute Gasteiger partial charge is 0.481 e. The van der Waals surface area contributed by atoms with Crippen LogP contribution in [-0.2, 0) is 11.2 Å². The van der Waals surface area contributed by atoms with E-state index in [1.54, 1.807) is 19.1 Å². The summed E-state index contributed by atoms with van der Waals surface area (Å²) in [6, 6.07) is 14.9. The van der Waals surface area contributed by atoms with Gasteiger partial charge in [0, 0.05) is 13.1 Å². The number of carbonyl (C=O) groups excluding carboxylic acids is 2. The molecule has 142 valence electrons. The first-order valence-corrected chi connectivity index (χ1v) is 9.54. The van der Waals surface area contributed by atoms with Gasteiger partial charge in [0.05, 0.1) is 11.3 Å². The standard InChI is InChI=1S/C22H26N2O3/c1-3-17-10-4-7-13-20(17)27-16(2)21(25)23-19-12-6-5-11-18(19)22(26)24-14-8-9-15-24/h4-7,10-13,16H,3,8-9,14-15H2,1-2H3,(H,23,25). The highest BCUT2D eigenvalue weighted by atomic mass is 16.5. The van der Waals surface area contributed by atoms with Gasteiger partial charge in [-0.15, -0.1) is 0 Å².